The predicted octanol–water partition coefficient (Wildman–Crippen LogP) is 1.31. The maximum atomic E-state index is 10.3. The number of aromatic nitrogens is 1. The summed E-state index contributed by atoms with van der Waals surface area (Å²) in [5, 5.41) is 10.3. The van der Waals surface area contributed by atoms with Crippen molar-refractivity contribution >= 4 is 5.82 Å². The lowest BCUT2D eigenvalue weighted by Crippen LogP contribution is -1.95. The molecule has 1 rings (SSSR count). The van der Waals surface area contributed by atoms with Gasteiger partial charge >= 0.3 is 11.7 Å². The molecule has 0 aromatic carbocycles. The summed E-state index contributed by atoms with van der Waals surface area (Å²) in [6.07, 6.45) is 0. The smallest absolute Gasteiger partial charge is 0.368 e. The Hall–Kier alpha value is -1.65. The molecule has 0 aliphatic rings. The molecule has 5 nitrogen and oxygen atoms in total. The number of aryl methyl sites for hydroxylation is 1. The molecule has 1 aromatic rings. The maximum absolute atomic E-state index is 10.3. The van der Waals surface area contributed by atoms with Gasteiger partial charge in [-0.2, -0.15) is 0 Å². The number of methoxy groups -OCH3 is 1. The zero-order valence-corrected chi connectivity index (χ0v) is 6.77. The Kier molecular flexibility index (Phi) is 2.23. The van der Waals surface area contributed by atoms with Gasteiger partial charge in [-0.05, 0) is 17.4 Å². The number of hydrogen-bond donors (Lipinski definition) is 0. The first-order valence-electron chi connectivity index (χ1n) is 3.30. The van der Waals surface area contributed by atoms with Crippen LogP contribution >= 0.6 is 0 Å². The number of hydrogen-bond acceptors (Lipinski definition) is 4. The Bertz CT molecular complexity index is 312. The highest BCUT2D eigenvalue weighted by molar-refractivity contribution is 5.31. The van der Waals surface area contributed by atoms with Crippen molar-refractivity contribution in [3.05, 3.63) is 27.8 Å². The van der Waals surface area contributed by atoms with Crippen LogP contribution in [-0.4, -0.2) is 17.0 Å². The molecule has 0 atom stereocenters. The van der Waals surface area contributed by atoms with E-state index in [0.717, 1.165) is 5.56 Å². The highest BCUT2D eigenvalue weighted by Gasteiger charge is 2.10. The molecule has 5 heteroatoms. The van der Waals surface area contributed by atoms with Crippen LogP contribution in [0.4, 0.5) is 5.82 Å². The number of nitrogens with zero attached hydrogens (tertiary/aromatic N) is 2. The monoisotopic (exact) mass is 168 g/mol. The van der Waals surface area contributed by atoms with Gasteiger partial charge in [0, 0.05) is 17.1 Å². The van der Waals surface area contributed by atoms with E-state index >= 15 is 0 Å². The summed E-state index contributed by atoms with van der Waals surface area (Å²) in [5.74, 6) is 0.0774. The highest BCUT2D eigenvalue weighted by atomic mass is 16.6. The molecule has 0 aliphatic carbocycles. The minimum absolute atomic E-state index is 0.188. The van der Waals surface area contributed by atoms with E-state index in [0.29, 0.717) is 0 Å². The van der Waals surface area contributed by atoms with Crippen molar-refractivity contribution in [3.63, 3.8) is 0 Å². The van der Waals surface area contributed by atoms with E-state index in [2.05, 4.69) is 4.98 Å². The van der Waals surface area contributed by atoms with Crippen molar-refractivity contribution in [1.82, 2.24) is 4.98 Å². The van der Waals surface area contributed by atoms with Crippen molar-refractivity contribution in [1.29, 1.82) is 0 Å². The number of ether oxygens (including phenoxy) is 1. The summed E-state index contributed by atoms with van der Waals surface area (Å²) in [6.45, 7) is 1.75. The van der Waals surface area contributed by atoms with E-state index in [1.807, 2.05) is 0 Å². The first-order chi connectivity index (χ1) is 5.63. The van der Waals surface area contributed by atoms with Crippen LogP contribution in [0.2, 0.25) is 0 Å². The zero-order valence-electron chi connectivity index (χ0n) is 6.77. The Morgan fingerprint density at radius 3 is 2.75 bits per heavy atom. The topological polar surface area (TPSA) is 65.3 Å². The lowest BCUT2D eigenvalue weighted by molar-refractivity contribution is -0.389. The molecule has 0 bridgehead atoms. The van der Waals surface area contributed by atoms with Crippen molar-refractivity contribution in [3.8, 4) is 5.88 Å². The number of pyridine rings is 1. The first-order valence-corrected chi connectivity index (χ1v) is 3.30. The van der Waals surface area contributed by atoms with Gasteiger partial charge in [-0.3, -0.25) is 0 Å². The molecular weight excluding hydrogens is 160 g/mol. The number of rotatable bonds is 2. The van der Waals surface area contributed by atoms with E-state index in [4.69, 9.17) is 4.74 Å². The molecule has 0 amide bonds. The highest BCUT2D eigenvalue weighted by Crippen LogP contribution is 2.16. The average Bonchev–Trinajstić information content (AvgIpc) is 2.03. The van der Waals surface area contributed by atoms with Gasteiger partial charge in [-0.1, -0.05) is 0 Å². The van der Waals surface area contributed by atoms with Gasteiger partial charge in [0.25, 0.3) is 0 Å². The minimum atomic E-state index is -0.546. The number of nitro groups is 1. The molecule has 1 heterocycles. The van der Waals surface area contributed by atoms with Crippen LogP contribution in [0.5, 0.6) is 5.88 Å². The SMILES string of the molecule is COc1cc(C)cc([N+](=O)[O-])n1. The lowest BCUT2D eigenvalue weighted by Gasteiger charge is -1.96. The van der Waals surface area contributed by atoms with Crippen molar-refractivity contribution in [2.24, 2.45) is 0 Å². The fourth-order valence-electron chi connectivity index (χ4n) is 0.816. The second kappa shape index (κ2) is 3.17. The zero-order chi connectivity index (χ0) is 9.14. The van der Waals surface area contributed by atoms with Crippen LogP contribution in [0.15, 0.2) is 12.1 Å². The first kappa shape index (κ1) is 8.45. The Labute approximate surface area is 69.1 Å². The summed E-state index contributed by atoms with van der Waals surface area (Å²) in [4.78, 5) is 13.4. The molecule has 64 valence electrons. The Morgan fingerprint density at radius 1 is 1.58 bits per heavy atom. The van der Waals surface area contributed by atoms with Gasteiger partial charge in [0.05, 0.1) is 7.11 Å². The van der Waals surface area contributed by atoms with Crippen LogP contribution in [0.1, 0.15) is 5.56 Å². The fraction of sp³-hybridized carbons (Fsp3) is 0.286. The third-order valence-corrected chi connectivity index (χ3v) is 1.33. The normalized spacial score (nSPS) is 9.50. The maximum Gasteiger partial charge on any atom is 0.368 e. The van der Waals surface area contributed by atoms with E-state index in [1.54, 1.807) is 13.0 Å². The third kappa shape index (κ3) is 1.69. The van der Waals surface area contributed by atoms with Gasteiger partial charge in [0.1, 0.15) is 0 Å². The molecule has 0 unspecified atom stereocenters. The lowest BCUT2D eigenvalue weighted by atomic mass is 10.3. The van der Waals surface area contributed by atoms with E-state index in [1.165, 1.54) is 13.2 Å². The Morgan fingerprint density at radius 2 is 2.25 bits per heavy atom. The average molecular weight is 168 g/mol. The van der Waals surface area contributed by atoms with Gasteiger partial charge < -0.3 is 14.9 Å². The molecule has 1 aromatic heterocycles. The molecule has 0 fully saturated rings. The standard InChI is InChI=1S/C7H8N2O3/c1-5-3-6(9(10)11)8-7(4-5)12-2/h3-4H,1-2H3. The predicted molar refractivity (Wildman–Crippen MR) is 42.2 cm³/mol. The molecular formula is C7H8N2O3. The van der Waals surface area contributed by atoms with Crippen LogP contribution in [0, 0.1) is 17.0 Å². The molecule has 0 radical (unpaired) electrons. The summed E-state index contributed by atoms with van der Waals surface area (Å²) in [7, 11) is 1.42. The summed E-state index contributed by atoms with van der Waals surface area (Å²) >= 11 is 0. The van der Waals surface area contributed by atoms with Crippen LogP contribution in [0.3, 0.4) is 0 Å². The summed E-state index contributed by atoms with van der Waals surface area (Å²) in [6, 6.07) is 3.02. The molecule has 12 heavy (non-hydrogen) atoms. The van der Waals surface area contributed by atoms with Crippen molar-refractivity contribution in [2.75, 3.05) is 7.11 Å². The molecule has 0 N–H and O–H groups in total. The largest absolute Gasteiger partial charge is 0.463 e. The van der Waals surface area contributed by atoms with E-state index in [9.17, 15) is 10.1 Å². The molecule has 0 saturated heterocycles. The quantitative estimate of drug-likeness (QED) is 0.493. The second-order valence-corrected chi connectivity index (χ2v) is 2.30. The van der Waals surface area contributed by atoms with E-state index in [-0.39, 0.29) is 11.7 Å². The van der Waals surface area contributed by atoms with Gasteiger partial charge in [-0.25, -0.2) is 0 Å². The van der Waals surface area contributed by atoms with Crippen LogP contribution in [0.25, 0.3) is 0 Å². The molecule has 0 aliphatic heterocycles. The summed E-state index contributed by atoms with van der Waals surface area (Å²) in [5.41, 5.74) is 0.758. The summed E-state index contributed by atoms with van der Waals surface area (Å²) < 4.78 is 4.77. The molecule has 0 spiro atoms. The van der Waals surface area contributed by atoms with Crippen molar-refractivity contribution in [2.45, 2.75) is 6.92 Å². The van der Waals surface area contributed by atoms with E-state index < -0.39 is 4.92 Å². The second-order valence-electron chi connectivity index (χ2n) is 2.30. The van der Waals surface area contributed by atoms with Crippen molar-refractivity contribution < 1.29 is 9.66 Å². The molecule has 0 saturated carbocycles. The van der Waals surface area contributed by atoms with Gasteiger partial charge in [-0.15, -0.1) is 0 Å². The minimum Gasteiger partial charge on any atom is -0.463 e. The fourth-order valence-corrected chi connectivity index (χ4v) is 0.816. The van der Waals surface area contributed by atoms with Gasteiger partial charge in [0.2, 0.25) is 0 Å². The third-order valence-electron chi connectivity index (χ3n) is 1.33. The van der Waals surface area contributed by atoms with Crippen LogP contribution < -0.4 is 4.74 Å². The van der Waals surface area contributed by atoms with Crippen LogP contribution in [-0.2, 0) is 0 Å². The van der Waals surface area contributed by atoms with Gasteiger partial charge in [0.15, 0.2) is 0 Å². The Balaban J connectivity index is 3.15.